The molecule has 0 fully saturated rings. The molecule has 10 heteroatoms. The van der Waals surface area contributed by atoms with E-state index in [9.17, 15) is 8.42 Å². The molecule has 0 amide bonds. The van der Waals surface area contributed by atoms with Crippen molar-refractivity contribution < 1.29 is 22.0 Å². The number of hydrazone groups is 1. The van der Waals surface area contributed by atoms with Crippen LogP contribution in [0.3, 0.4) is 0 Å². The number of aryl methyl sites for hydroxylation is 1. The Kier molecular flexibility index (Phi) is 10.7. The van der Waals surface area contributed by atoms with E-state index in [-0.39, 0.29) is 21.4 Å². The molecule has 1 aromatic carbocycles. The highest BCUT2D eigenvalue weighted by molar-refractivity contribution is 7.89. The van der Waals surface area contributed by atoms with Gasteiger partial charge in [0.1, 0.15) is 0 Å². The molecule has 0 saturated carbocycles. The molecule has 0 bridgehead atoms. The molecule has 7 nitrogen and oxygen atoms in total. The van der Waals surface area contributed by atoms with E-state index in [0.29, 0.717) is 6.61 Å². The molecule has 0 aromatic heterocycles. The fourth-order valence-electron chi connectivity index (χ4n) is 1.26. The van der Waals surface area contributed by atoms with Crippen LogP contribution in [0.5, 0.6) is 0 Å². The van der Waals surface area contributed by atoms with E-state index in [4.69, 9.17) is 13.6 Å². The first-order chi connectivity index (χ1) is 9.99. The van der Waals surface area contributed by atoms with Gasteiger partial charge in [-0.3, -0.25) is 0 Å². The zero-order valence-corrected chi connectivity index (χ0v) is 16.0. The van der Waals surface area contributed by atoms with Gasteiger partial charge in [-0.25, -0.2) is 4.83 Å². The van der Waals surface area contributed by atoms with Crippen LogP contribution in [0.15, 0.2) is 34.3 Å². The van der Waals surface area contributed by atoms with Crippen LogP contribution in [0.25, 0.3) is 0 Å². The van der Waals surface area contributed by atoms with Gasteiger partial charge < -0.3 is 13.6 Å². The van der Waals surface area contributed by atoms with Crippen molar-refractivity contribution in [1.82, 2.24) is 4.83 Å². The van der Waals surface area contributed by atoms with Crippen LogP contribution in [0.1, 0.15) is 12.5 Å². The minimum Gasteiger partial charge on any atom is -0.316 e. The highest BCUT2D eigenvalue weighted by atomic mass is 32.2. The first-order valence-electron chi connectivity index (χ1n) is 6.19. The fraction of sp³-hybridized carbons (Fsp3) is 0.417. The summed E-state index contributed by atoms with van der Waals surface area (Å²) < 4.78 is 39.1. The third-order valence-corrected chi connectivity index (χ3v) is 4.60. The molecule has 0 aliphatic carbocycles. The Balaban J connectivity index is 0.00000441. The van der Waals surface area contributed by atoms with E-state index >= 15 is 0 Å². The monoisotopic (exact) mass is 368 g/mol. The zero-order chi connectivity index (χ0) is 15.7. The van der Waals surface area contributed by atoms with Crippen LogP contribution in [0.4, 0.5) is 0 Å². The summed E-state index contributed by atoms with van der Waals surface area (Å²) in [4.78, 5) is 2.26. The summed E-state index contributed by atoms with van der Waals surface area (Å²) in [6.45, 7) is 4.25. The van der Waals surface area contributed by atoms with Gasteiger partial charge >= 0.3 is 8.60 Å². The van der Waals surface area contributed by atoms with Crippen molar-refractivity contribution in [1.29, 1.82) is 0 Å². The van der Waals surface area contributed by atoms with E-state index in [2.05, 4.69) is 9.93 Å². The van der Waals surface area contributed by atoms with Gasteiger partial charge in [-0.2, -0.15) is 23.4 Å². The fourth-order valence-corrected chi connectivity index (χ4v) is 2.75. The van der Waals surface area contributed by atoms with Gasteiger partial charge in [-0.1, -0.05) is 17.7 Å². The quantitative estimate of drug-likeness (QED) is 0.410. The van der Waals surface area contributed by atoms with Crippen LogP contribution in [-0.4, -0.2) is 35.0 Å². The normalized spacial score (nSPS) is 12.9. The van der Waals surface area contributed by atoms with Crippen LogP contribution in [0.2, 0.25) is 0 Å². The number of sulfonamides is 1. The van der Waals surface area contributed by atoms with Gasteiger partial charge in [0.05, 0.1) is 24.3 Å². The van der Waals surface area contributed by atoms with Gasteiger partial charge in [0.15, 0.2) is 0 Å². The van der Waals surface area contributed by atoms with Crippen LogP contribution >= 0.6 is 18.5 Å². The highest BCUT2D eigenvalue weighted by Gasteiger charge is 2.12. The largest absolute Gasteiger partial charge is 0.332 e. The van der Waals surface area contributed by atoms with E-state index < -0.39 is 18.6 Å². The summed E-state index contributed by atoms with van der Waals surface area (Å²) in [7, 11) is -3.60. The summed E-state index contributed by atoms with van der Waals surface area (Å²) in [6, 6.07) is 6.47. The minimum absolute atomic E-state index is 0. The van der Waals surface area contributed by atoms with Crippen molar-refractivity contribution >= 4 is 34.7 Å². The van der Waals surface area contributed by atoms with Gasteiger partial charge in [0.25, 0.3) is 10.0 Å². The van der Waals surface area contributed by atoms with Crippen LogP contribution in [0, 0.1) is 6.92 Å². The standard InChI is InChI=1S/C12H19N2O5PS.H3P/c1-4-18-20(17-3)19-10-9-13-14-21(15,16)12-7-5-11(2)6-8-12;/h5-9,14H,4,10H2,1-3H3;1H3/b13-9+;. The first-order valence-corrected chi connectivity index (χ1v) is 8.77. The lowest BCUT2D eigenvalue weighted by atomic mass is 10.2. The maximum Gasteiger partial charge on any atom is 0.332 e. The molecule has 0 radical (unpaired) electrons. The summed E-state index contributed by atoms with van der Waals surface area (Å²) in [5.41, 5.74) is 0.981. The number of hydrogen-bond acceptors (Lipinski definition) is 6. The Bertz CT molecular complexity index is 551. The lowest BCUT2D eigenvalue weighted by molar-refractivity contribution is 0.205. The Morgan fingerprint density at radius 1 is 1.27 bits per heavy atom. The van der Waals surface area contributed by atoms with Crippen molar-refractivity contribution in [2.75, 3.05) is 20.3 Å². The average molecular weight is 368 g/mol. The van der Waals surface area contributed by atoms with Crippen molar-refractivity contribution in [3.8, 4) is 0 Å². The maximum absolute atomic E-state index is 11.9. The molecule has 2 atom stereocenters. The number of rotatable bonds is 9. The van der Waals surface area contributed by atoms with Crippen molar-refractivity contribution in [3.05, 3.63) is 29.8 Å². The van der Waals surface area contributed by atoms with E-state index in [0.717, 1.165) is 5.56 Å². The smallest absolute Gasteiger partial charge is 0.316 e. The molecule has 126 valence electrons. The summed E-state index contributed by atoms with van der Waals surface area (Å²) in [5, 5.41) is 3.62. The van der Waals surface area contributed by atoms with E-state index in [1.54, 1.807) is 12.1 Å². The summed E-state index contributed by atoms with van der Waals surface area (Å²) >= 11 is 0. The number of hydrogen-bond donors (Lipinski definition) is 1. The van der Waals surface area contributed by atoms with Gasteiger partial charge in [0, 0.05) is 7.11 Å². The molecule has 22 heavy (non-hydrogen) atoms. The van der Waals surface area contributed by atoms with Gasteiger partial charge in [0.2, 0.25) is 0 Å². The molecule has 0 spiro atoms. The Morgan fingerprint density at radius 3 is 2.45 bits per heavy atom. The van der Waals surface area contributed by atoms with Gasteiger partial charge in [-0.15, -0.1) is 0 Å². The molecule has 0 aliphatic heterocycles. The Hall–Kier alpha value is -0.620. The second kappa shape index (κ2) is 11.0. The molecule has 1 N–H and O–H groups in total. The van der Waals surface area contributed by atoms with E-state index in [1.807, 2.05) is 13.8 Å². The zero-order valence-electron chi connectivity index (χ0n) is 12.9. The summed E-state index contributed by atoms with van der Waals surface area (Å²) in [6.07, 6.45) is 1.29. The van der Waals surface area contributed by atoms with E-state index in [1.165, 1.54) is 25.5 Å². The lowest BCUT2D eigenvalue weighted by Gasteiger charge is -2.11. The molecule has 0 saturated heterocycles. The molecule has 2 unspecified atom stereocenters. The Morgan fingerprint density at radius 2 is 1.91 bits per heavy atom. The molecular weight excluding hydrogens is 346 g/mol. The second-order valence-corrected chi connectivity index (χ2v) is 6.83. The number of benzene rings is 1. The number of nitrogens with zero attached hydrogens (tertiary/aromatic N) is 1. The van der Waals surface area contributed by atoms with Crippen LogP contribution < -0.4 is 4.83 Å². The summed E-state index contributed by atoms with van der Waals surface area (Å²) in [5.74, 6) is 0. The second-order valence-electron chi connectivity index (χ2n) is 3.84. The molecule has 0 heterocycles. The van der Waals surface area contributed by atoms with Crippen molar-refractivity contribution in [3.63, 3.8) is 0 Å². The topological polar surface area (TPSA) is 86.2 Å². The molecule has 1 rings (SSSR count). The first kappa shape index (κ1) is 21.4. The predicted octanol–water partition coefficient (Wildman–Crippen LogP) is 2.24. The Labute approximate surface area is 136 Å². The van der Waals surface area contributed by atoms with Crippen LogP contribution in [-0.2, 0) is 23.6 Å². The highest BCUT2D eigenvalue weighted by Crippen LogP contribution is 2.37. The average Bonchev–Trinajstić information content (AvgIpc) is 2.46. The predicted molar refractivity (Wildman–Crippen MR) is 92.6 cm³/mol. The number of nitrogens with one attached hydrogen (secondary N) is 1. The molecule has 1 aromatic rings. The van der Waals surface area contributed by atoms with Gasteiger partial charge in [-0.05, 0) is 26.0 Å². The third kappa shape index (κ3) is 7.58. The minimum atomic E-state index is -3.65. The lowest BCUT2D eigenvalue weighted by Crippen LogP contribution is -2.18. The van der Waals surface area contributed by atoms with Crippen molar-refractivity contribution in [2.24, 2.45) is 5.10 Å². The third-order valence-electron chi connectivity index (χ3n) is 2.23. The maximum atomic E-state index is 11.9. The van der Waals surface area contributed by atoms with Crippen molar-refractivity contribution in [2.45, 2.75) is 18.7 Å². The molecular formula is C12H22N2O5P2S. The SMILES string of the molecule is CCOP(OC)OC/C=N/NS(=O)(=O)c1ccc(C)cc1.P. The molecule has 0 aliphatic rings.